The molecule has 0 spiro atoms. The number of aromatic nitrogens is 2. The van der Waals surface area contributed by atoms with Crippen LogP contribution in [0.5, 0.6) is 0 Å². The van der Waals surface area contributed by atoms with Crippen LogP contribution >= 0.6 is 0 Å². The Hall–Kier alpha value is -1.29. The van der Waals surface area contributed by atoms with Crippen LogP contribution in [0.4, 0.5) is 0 Å². The van der Waals surface area contributed by atoms with Crippen LogP contribution in [0.15, 0.2) is 24.2 Å². The minimum Gasteiger partial charge on any atom is -0.501 e. The molecule has 2 rings (SSSR count). The lowest BCUT2D eigenvalue weighted by Crippen LogP contribution is -2.11. The number of rotatable bonds is 2. The Kier molecular flexibility index (Phi) is 2.06. The summed E-state index contributed by atoms with van der Waals surface area (Å²) in [5, 5.41) is 4.08. The van der Waals surface area contributed by atoms with Crippen molar-refractivity contribution in [1.82, 2.24) is 9.78 Å². The topological polar surface area (TPSA) is 53.1 Å². The Morgan fingerprint density at radius 3 is 3.08 bits per heavy atom. The van der Waals surface area contributed by atoms with Gasteiger partial charge in [0.1, 0.15) is 0 Å². The molecule has 1 aromatic rings. The molecule has 0 amide bonds. The first kappa shape index (κ1) is 8.31. The molecule has 70 valence electrons. The van der Waals surface area contributed by atoms with Crippen LogP contribution in [-0.2, 0) is 11.8 Å². The molecule has 2 N–H and O–H groups in total. The lowest BCUT2D eigenvalue weighted by molar-refractivity contribution is 0.281. The summed E-state index contributed by atoms with van der Waals surface area (Å²) in [4.78, 5) is 0. The highest BCUT2D eigenvalue weighted by atomic mass is 16.5. The van der Waals surface area contributed by atoms with Gasteiger partial charge in [-0.3, -0.25) is 4.68 Å². The second kappa shape index (κ2) is 3.22. The Balaban J connectivity index is 2.16. The smallest absolute Gasteiger partial charge is 0.0912 e. The maximum absolute atomic E-state index is 6.01. The summed E-state index contributed by atoms with van der Waals surface area (Å²) in [5.41, 5.74) is 8.20. The first-order chi connectivity index (χ1) is 6.27. The van der Waals surface area contributed by atoms with E-state index in [1.54, 1.807) is 17.1 Å². The van der Waals surface area contributed by atoms with Crippen molar-refractivity contribution in [1.29, 1.82) is 0 Å². The van der Waals surface area contributed by atoms with Crippen molar-refractivity contribution in [3.8, 4) is 0 Å². The van der Waals surface area contributed by atoms with Gasteiger partial charge in [-0.25, -0.2) is 0 Å². The third-order valence-electron chi connectivity index (χ3n) is 2.23. The van der Waals surface area contributed by atoms with Crippen molar-refractivity contribution in [2.24, 2.45) is 12.8 Å². The van der Waals surface area contributed by atoms with Gasteiger partial charge >= 0.3 is 0 Å². The van der Waals surface area contributed by atoms with Crippen molar-refractivity contribution in [3.63, 3.8) is 0 Å². The highest BCUT2D eigenvalue weighted by Gasteiger charge is 2.16. The van der Waals surface area contributed by atoms with E-state index in [1.807, 2.05) is 13.2 Å². The predicted octanol–water partition coefficient (Wildman–Crippen LogP) is 0.724. The van der Waals surface area contributed by atoms with Crippen molar-refractivity contribution in [3.05, 3.63) is 29.8 Å². The molecule has 1 unspecified atom stereocenters. The zero-order chi connectivity index (χ0) is 9.26. The summed E-state index contributed by atoms with van der Waals surface area (Å²) in [5.74, 6) is 0. The fourth-order valence-corrected chi connectivity index (χ4v) is 1.45. The monoisotopic (exact) mass is 179 g/mol. The molecule has 0 bridgehead atoms. The number of aryl methyl sites for hydroxylation is 1. The molecule has 0 aliphatic carbocycles. The van der Waals surface area contributed by atoms with E-state index in [1.165, 1.54) is 0 Å². The van der Waals surface area contributed by atoms with Crippen LogP contribution < -0.4 is 5.73 Å². The van der Waals surface area contributed by atoms with Gasteiger partial charge in [0.05, 0.1) is 25.1 Å². The van der Waals surface area contributed by atoms with E-state index >= 15 is 0 Å². The van der Waals surface area contributed by atoms with E-state index in [0.29, 0.717) is 0 Å². The van der Waals surface area contributed by atoms with Gasteiger partial charge < -0.3 is 10.5 Å². The Bertz CT molecular complexity index is 329. The summed E-state index contributed by atoms with van der Waals surface area (Å²) in [6.45, 7) is 0.753. The van der Waals surface area contributed by atoms with Crippen molar-refractivity contribution < 1.29 is 4.74 Å². The molecule has 1 aliphatic heterocycles. The maximum atomic E-state index is 6.01. The summed E-state index contributed by atoms with van der Waals surface area (Å²) < 4.78 is 6.89. The number of hydrogen-bond donors (Lipinski definition) is 1. The second-order valence-electron chi connectivity index (χ2n) is 3.24. The highest BCUT2D eigenvalue weighted by Crippen LogP contribution is 2.24. The standard InChI is InChI=1S/C9H13N3O/c1-12-5-8(4-11-12)9(10)7-2-3-13-6-7/h4-6,9H,2-3,10H2,1H3. The Morgan fingerprint density at radius 1 is 1.69 bits per heavy atom. The van der Waals surface area contributed by atoms with Gasteiger partial charge in [0, 0.05) is 25.2 Å². The van der Waals surface area contributed by atoms with E-state index in [2.05, 4.69) is 5.10 Å². The Labute approximate surface area is 77.0 Å². The largest absolute Gasteiger partial charge is 0.501 e. The van der Waals surface area contributed by atoms with Gasteiger partial charge in [-0.2, -0.15) is 5.10 Å². The van der Waals surface area contributed by atoms with Crippen LogP contribution in [-0.4, -0.2) is 16.4 Å². The second-order valence-corrected chi connectivity index (χ2v) is 3.24. The average Bonchev–Trinajstić information content (AvgIpc) is 2.72. The van der Waals surface area contributed by atoms with Crippen LogP contribution in [0.2, 0.25) is 0 Å². The fourth-order valence-electron chi connectivity index (χ4n) is 1.45. The normalized spacial score (nSPS) is 18.2. The van der Waals surface area contributed by atoms with Crippen molar-refractivity contribution >= 4 is 0 Å². The minimum absolute atomic E-state index is 0.0591. The third kappa shape index (κ3) is 1.58. The number of nitrogens with two attached hydrogens (primary N) is 1. The lowest BCUT2D eigenvalue weighted by atomic mass is 10.0. The van der Waals surface area contributed by atoms with Crippen molar-refractivity contribution in [2.45, 2.75) is 12.5 Å². The van der Waals surface area contributed by atoms with Crippen molar-refractivity contribution in [2.75, 3.05) is 6.61 Å². The third-order valence-corrected chi connectivity index (χ3v) is 2.23. The first-order valence-corrected chi connectivity index (χ1v) is 4.32. The maximum Gasteiger partial charge on any atom is 0.0912 e. The van der Waals surface area contributed by atoms with Gasteiger partial charge in [-0.05, 0) is 5.57 Å². The number of hydrogen-bond acceptors (Lipinski definition) is 3. The van der Waals surface area contributed by atoms with E-state index in [-0.39, 0.29) is 6.04 Å². The molecular weight excluding hydrogens is 166 g/mol. The van der Waals surface area contributed by atoms with E-state index in [4.69, 9.17) is 10.5 Å². The fraction of sp³-hybridized carbons (Fsp3) is 0.444. The zero-order valence-corrected chi connectivity index (χ0v) is 7.60. The first-order valence-electron chi connectivity index (χ1n) is 4.32. The summed E-state index contributed by atoms with van der Waals surface area (Å²) >= 11 is 0. The van der Waals surface area contributed by atoms with Crippen LogP contribution in [0.1, 0.15) is 18.0 Å². The molecule has 1 aromatic heterocycles. The molecule has 0 radical (unpaired) electrons. The molecule has 13 heavy (non-hydrogen) atoms. The predicted molar refractivity (Wildman–Crippen MR) is 48.8 cm³/mol. The lowest BCUT2D eigenvalue weighted by Gasteiger charge is -2.07. The van der Waals surface area contributed by atoms with Gasteiger partial charge in [0.15, 0.2) is 0 Å². The van der Waals surface area contributed by atoms with Gasteiger partial charge in [-0.15, -0.1) is 0 Å². The molecule has 0 saturated carbocycles. The van der Waals surface area contributed by atoms with Gasteiger partial charge in [-0.1, -0.05) is 0 Å². The Morgan fingerprint density at radius 2 is 2.54 bits per heavy atom. The SMILES string of the molecule is Cn1cc(C(N)C2=COCC2)cn1. The summed E-state index contributed by atoms with van der Waals surface area (Å²) in [6.07, 6.45) is 6.42. The molecule has 1 aliphatic rings. The molecule has 0 saturated heterocycles. The molecule has 0 fully saturated rings. The molecule has 4 nitrogen and oxygen atoms in total. The molecular formula is C9H13N3O. The van der Waals surface area contributed by atoms with Gasteiger partial charge in [0.2, 0.25) is 0 Å². The summed E-state index contributed by atoms with van der Waals surface area (Å²) in [6, 6.07) is -0.0591. The molecule has 2 heterocycles. The molecule has 4 heteroatoms. The number of ether oxygens (including phenoxy) is 1. The van der Waals surface area contributed by atoms with E-state index < -0.39 is 0 Å². The zero-order valence-electron chi connectivity index (χ0n) is 7.60. The number of nitrogens with zero attached hydrogens (tertiary/aromatic N) is 2. The highest BCUT2D eigenvalue weighted by molar-refractivity contribution is 5.23. The summed E-state index contributed by atoms with van der Waals surface area (Å²) in [7, 11) is 1.88. The molecule has 1 atom stereocenters. The van der Waals surface area contributed by atoms with Crippen LogP contribution in [0.3, 0.4) is 0 Å². The average molecular weight is 179 g/mol. The van der Waals surface area contributed by atoms with E-state index in [9.17, 15) is 0 Å². The van der Waals surface area contributed by atoms with Crippen LogP contribution in [0.25, 0.3) is 0 Å². The van der Waals surface area contributed by atoms with Gasteiger partial charge in [0.25, 0.3) is 0 Å². The minimum atomic E-state index is -0.0591. The van der Waals surface area contributed by atoms with E-state index in [0.717, 1.165) is 24.2 Å². The quantitative estimate of drug-likeness (QED) is 0.728. The van der Waals surface area contributed by atoms with Crippen LogP contribution in [0, 0.1) is 0 Å². The molecule has 0 aromatic carbocycles.